The van der Waals surface area contributed by atoms with Crippen molar-refractivity contribution in [3.8, 4) is 0 Å². The number of sulfonamides is 1. The van der Waals surface area contributed by atoms with Crippen LogP contribution in [-0.2, 0) is 19.6 Å². The van der Waals surface area contributed by atoms with Gasteiger partial charge in [0.15, 0.2) is 0 Å². The van der Waals surface area contributed by atoms with E-state index in [2.05, 4.69) is 5.32 Å². The van der Waals surface area contributed by atoms with Gasteiger partial charge in [-0.2, -0.15) is 17.9 Å². The second kappa shape index (κ2) is 7.62. The number of carbonyl (C=O) groups excluding carboxylic acids is 2. The highest BCUT2D eigenvalue weighted by Crippen LogP contribution is 2.15. The topological polar surface area (TPSA) is 104 Å². The molecule has 0 aliphatic rings. The predicted molar refractivity (Wildman–Crippen MR) is 79.6 cm³/mol. The number of benzene rings is 1. The van der Waals surface area contributed by atoms with Gasteiger partial charge in [-0.25, -0.2) is 8.42 Å². The molecule has 7 nitrogen and oxygen atoms in total. The Hall–Kier alpha value is -2.14. The van der Waals surface area contributed by atoms with Crippen molar-refractivity contribution in [2.24, 2.45) is 0 Å². The minimum Gasteiger partial charge on any atom is -0.346 e. The second-order valence-corrected chi connectivity index (χ2v) is 6.60. The molecule has 0 spiro atoms. The number of rotatable bonds is 6. The molecule has 0 bridgehead atoms. The van der Waals surface area contributed by atoms with Crippen LogP contribution in [-0.4, -0.2) is 39.0 Å². The Kier molecular flexibility index (Phi) is 6.32. The molecule has 0 aliphatic heterocycles. The molecule has 1 atom stereocenters. The van der Waals surface area contributed by atoms with Crippen LogP contribution in [0.3, 0.4) is 0 Å². The monoisotopic (exact) mass is 367 g/mol. The predicted octanol–water partition coefficient (Wildman–Crippen LogP) is 0.990. The van der Waals surface area contributed by atoms with E-state index in [0.29, 0.717) is 5.69 Å². The summed E-state index contributed by atoms with van der Waals surface area (Å²) in [4.78, 5) is 22.2. The lowest BCUT2D eigenvalue weighted by Gasteiger charge is -2.15. The Bertz CT molecular complexity index is 702. The molecule has 0 saturated carbocycles. The minimum absolute atomic E-state index is 0.202. The number of alkyl halides is 3. The van der Waals surface area contributed by atoms with Gasteiger partial charge in [-0.05, 0) is 31.2 Å². The van der Waals surface area contributed by atoms with Gasteiger partial charge in [0, 0.05) is 12.6 Å². The zero-order valence-corrected chi connectivity index (χ0v) is 13.6. The molecule has 11 heteroatoms. The van der Waals surface area contributed by atoms with Crippen LogP contribution in [0, 0.1) is 0 Å². The fraction of sp³-hybridized carbons (Fsp3) is 0.385. The van der Waals surface area contributed by atoms with Crippen molar-refractivity contribution in [2.45, 2.75) is 31.0 Å². The van der Waals surface area contributed by atoms with E-state index in [9.17, 15) is 31.2 Å². The van der Waals surface area contributed by atoms with Gasteiger partial charge in [-0.1, -0.05) is 0 Å². The summed E-state index contributed by atoms with van der Waals surface area (Å²) in [5.74, 6) is -1.44. The lowest BCUT2D eigenvalue weighted by molar-refractivity contribution is -0.139. The van der Waals surface area contributed by atoms with Crippen molar-refractivity contribution in [1.29, 1.82) is 0 Å². The smallest absolute Gasteiger partial charge is 0.346 e. The summed E-state index contributed by atoms with van der Waals surface area (Å²) in [5.41, 5.74) is 0.373. The number of hydrogen-bond acceptors (Lipinski definition) is 4. The molecule has 1 aromatic carbocycles. The quantitative estimate of drug-likeness (QED) is 0.697. The summed E-state index contributed by atoms with van der Waals surface area (Å²) in [7, 11) is -4.11. The average Bonchev–Trinajstić information content (AvgIpc) is 2.43. The minimum atomic E-state index is -4.59. The van der Waals surface area contributed by atoms with Gasteiger partial charge in [-0.3, -0.25) is 9.59 Å². The Morgan fingerprint density at radius 3 is 2.17 bits per heavy atom. The van der Waals surface area contributed by atoms with Gasteiger partial charge in [0.1, 0.15) is 6.54 Å². The molecule has 24 heavy (non-hydrogen) atoms. The number of halogens is 3. The van der Waals surface area contributed by atoms with Gasteiger partial charge >= 0.3 is 6.18 Å². The van der Waals surface area contributed by atoms with Crippen molar-refractivity contribution >= 4 is 27.5 Å². The Morgan fingerprint density at radius 2 is 1.71 bits per heavy atom. The van der Waals surface area contributed by atoms with Crippen LogP contribution in [0.1, 0.15) is 13.8 Å². The lowest BCUT2D eigenvalue weighted by atomic mass is 10.3. The first-order valence-corrected chi connectivity index (χ1v) is 8.13. The van der Waals surface area contributed by atoms with Crippen LogP contribution in [0.4, 0.5) is 18.9 Å². The van der Waals surface area contributed by atoms with E-state index < -0.39 is 34.7 Å². The largest absolute Gasteiger partial charge is 0.405 e. The number of amides is 2. The van der Waals surface area contributed by atoms with Crippen LogP contribution in [0.15, 0.2) is 29.2 Å². The first-order chi connectivity index (χ1) is 10.9. The molecule has 0 fully saturated rings. The molecule has 0 heterocycles. The summed E-state index contributed by atoms with van der Waals surface area (Å²) < 4.78 is 62.2. The van der Waals surface area contributed by atoms with E-state index in [0.717, 1.165) is 6.92 Å². The van der Waals surface area contributed by atoms with E-state index >= 15 is 0 Å². The molecule has 0 saturated heterocycles. The van der Waals surface area contributed by atoms with Gasteiger partial charge in [0.25, 0.3) is 0 Å². The van der Waals surface area contributed by atoms with Crippen LogP contribution in [0.25, 0.3) is 0 Å². The van der Waals surface area contributed by atoms with Crippen molar-refractivity contribution in [3.63, 3.8) is 0 Å². The Labute approximate surface area is 136 Å². The maximum atomic E-state index is 12.1. The van der Waals surface area contributed by atoms with Crippen LogP contribution >= 0.6 is 0 Å². The highest BCUT2D eigenvalue weighted by molar-refractivity contribution is 7.89. The molecule has 0 aliphatic carbocycles. The number of anilines is 1. The Balaban J connectivity index is 2.74. The molecule has 0 aromatic heterocycles. The highest BCUT2D eigenvalue weighted by atomic mass is 32.2. The third-order valence-corrected chi connectivity index (χ3v) is 4.23. The third-order valence-electron chi connectivity index (χ3n) is 2.67. The summed E-state index contributed by atoms with van der Waals surface area (Å²) in [6, 6.07) is 3.66. The van der Waals surface area contributed by atoms with E-state index in [-0.39, 0.29) is 10.8 Å². The summed E-state index contributed by atoms with van der Waals surface area (Å²) >= 11 is 0. The SMILES string of the molecule is CC(=O)Nc1ccc(S(=O)(=O)N[C@@H](C)C(=O)NCC(F)(F)F)cc1. The van der Waals surface area contributed by atoms with Crippen LogP contribution < -0.4 is 15.4 Å². The molecule has 3 N–H and O–H groups in total. The summed E-state index contributed by atoms with van der Waals surface area (Å²) in [5, 5.41) is 4.04. The van der Waals surface area contributed by atoms with Crippen molar-refractivity contribution in [1.82, 2.24) is 10.0 Å². The zero-order chi connectivity index (χ0) is 18.5. The fourth-order valence-corrected chi connectivity index (χ4v) is 2.82. The number of hydrogen-bond donors (Lipinski definition) is 3. The van der Waals surface area contributed by atoms with E-state index in [4.69, 9.17) is 0 Å². The third kappa shape index (κ3) is 6.54. The summed E-state index contributed by atoms with van der Waals surface area (Å²) in [6.07, 6.45) is -4.59. The maximum absolute atomic E-state index is 12.1. The molecule has 2 amide bonds. The van der Waals surface area contributed by atoms with Gasteiger partial charge in [0.05, 0.1) is 10.9 Å². The molecule has 0 radical (unpaired) electrons. The maximum Gasteiger partial charge on any atom is 0.405 e. The average molecular weight is 367 g/mol. The second-order valence-electron chi connectivity index (χ2n) is 4.88. The van der Waals surface area contributed by atoms with Gasteiger partial charge in [-0.15, -0.1) is 0 Å². The first-order valence-electron chi connectivity index (χ1n) is 6.65. The van der Waals surface area contributed by atoms with Crippen LogP contribution in [0.2, 0.25) is 0 Å². The van der Waals surface area contributed by atoms with Crippen molar-refractivity contribution < 1.29 is 31.2 Å². The number of nitrogens with one attached hydrogen (secondary N) is 3. The summed E-state index contributed by atoms with van der Waals surface area (Å²) in [6.45, 7) is 0.853. The van der Waals surface area contributed by atoms with E-state index in [1.807, 2.05) is 4.72 Å². The first kappa shape index (κ1) is 19.9. The van der Waals surface area contributed by atoms with Gasteiger partial charge < -0.3 is 10.6 Å². The molecule has 1 aromatic rings. The molecule has 0 unspecified atom stereocenters. The van der Waals surface area contributed by atoms with Gasteiger partial charge in [0.2, 0.25) is 21.8 Å². The van der Waals surface area contributed by atoms with Crippen LogP contribution in [0.5, 0.6) is 0 Å². The van der Waals surface area contributed by atoms with Crippen molar-refractivity contribution in [3.05, 3.63) is 24.3 Å². The molecule has 1 rings (SSSR count). The van der Waals surface area contributed by atoms with E-state index in [1.165, 1.54) is 31.2 Å². The lowest BCUT2D eigenvalue weighted by Crippen LogP contribution is -2.47. The Morgan fingerprint density at radius 1 is 1.17 bits per heavy atom. The fourth-order valence-electron chi connectivity index (χ4n) is 1.62. The molecule has 134 valence electrons. The number of carbonyl (C=O) groups is 2. The molecular weight excluding hydrogens is 351 g/mol. The highest BCUT2D eigenvalue weighted by Gasteiger charge is 2.29. The van der Waals surface area contributed by atoms with Crippen molar-refractivity contribution in [2.75, 3.05) is 11.9 Å². The van der Waals surface area contributed by atoms with E-state index in [1.54, 1.807) is 5.32 Å². The normalized spacial score (nSPS) is 13.2. The zero-order valence-electron chi connectivity index (χ0n) is 12.8. The molecular formula is C13H16F3N3O4S. The standard InChI is InChI=1S/C13H16F3N3O4S/c1-8(12(21)17-7-13(14,15)16)19-24(22,23)11-5-3-10(4-6-11)18-9(2)20/h3-6,8,19H,7H2,1-2H3,(H,17,21)(H,18,20)/t8-/m0/s1.